The number of carbonyl (C=O) groups excluding carboxylic acids is 2. The maximum absolute atomic E-state index is 13.6. The lowest BCUT2D eigenvalue weighted by molar-refractivity contribution is -0.126. The molecular formula is C26H25N3O3. The van der Waals surface area contributed by atoms with Crippen LogP contribution in [0.4, 0.5) is 17.1 Å². The van der Waals surface area contributed by atoms with Gasteiger partial charge in [0.2, 0.25) is 5.91 Å². The van der Waals surface area contributed by atoms with E-state index in [0.29, 0.717) is 5.69 Å². The number of hydroxylamine groups is 1. The summed E-state index contributed by atoms with van der Waals surface area (Å²) in [6, 6.07) is 24.6. The number of rotatable bonds is 4. The summed E-state index contributed by atoms with van der Waals surface area (Å²) in [5, 5.41) is 1.76. The second-order valence-corrected chi connectivity index (χ2v) is 8.44. The van der Waals surface area contributed by atoms with E-state index in [4.69, 9.17) is 4.84 Å². The second kappa shape index (κ2) is 7.80. The van der Waals surface area contributed by atoms with Crippen LogP contribution in [0.3, 0.4) is 0 Å². The minimum Gasteiger partial charge on any atom is -0.378 e. The maximum Gasteiger partial charge on any atom is 0.266 e. The average Bonchev–Trinajstić information content (AvgIpc) is 3.30. The molecule has 0 spiro atoms. The number of benzene rings is 3. The van der Waals surface area contributed by atoms with Crippen molar-refractivity contribution < 1.29 is 14.4 Å². The quantitative estimate of drug-likeness (QED) is 0.587. The largest absolute Gasteiger partial charge is 0.378 e. The van der Waals surface area contributed by atoms with Crippen molar-refractivity contribution >= 4 is 28.9 Å². The highest BCUT2D eigenvalue weighted by Crippen LogP contribution is 2.48. The number of nitrogens with zero attached hydrogens (tertiary/aromatic N) is 3. The molecule has 3 atom stereocenters. The molecule has 2 aliphatic heterocycles. The van der Waals surface area contributed by atoms with E-state index in [0.717, 1.165) is 22.5 Å². The van der Waals surface area contributed by atoms with Crippen LogP contribution < -0.4 is 14.9 Å². The summed E-state index contributed by atoms with van der Waals surface area (Å²) in [5.74, 6) is -1.19. The predicted octanol–water partition coefficient (Wildman–Crippen LogP) is 4.11. The molecule has 32 heavy (non-hydrogen) atoms. The van der Waals surface area contributed by atoms with E-state index in [1.165, 1.54) is 4.90 Å². The average molecular weight is 428 g/mol. The van der Waals surface area contributed by atoms with Crippen LogP contribution in [0, 0.1) is 12.8 Å². The van der Waals surface area contributed by atoms with Crippen LogP contribution in [0.25, 0.3) is 0 Å². The Labute approximate surface area is 187 Å². The molecule has 0 bridgehead atoms. The van der Waals surface area contributed by atoms with Crippen LogP contribution in [-0.4, -0.2) is 32.0 Å². The van der Waals surface area contributed by atoms with Gasteiger partial charge in [0.1, 0.15) is 5.92 Å². The fraction of sp³-hybridized carbons (Fsp3) is 0.231. The summed E-state index contributed by atoms with van der Waals surface area (Å²) in [5.41, 5.74) is 4.44. The van der Waals surface area contributed by atoms with Crippen molar-refractivity contribution in [3.63, 3.8) is 0 Å². The van der Waals surface area contributed by atoms with E-state index in [1.807, 2.05) is 92.6 Å². The lowest BCUT2D eigenvalue weighted by atomic mass is 9.90. The van der Waals surface area contributed by atoms with Gasteiger partial charge in [0.25, 0.3) is 5.91 Å². The van der Waals surface area contributed by atoms with E-state index in [9.17, 15) is 9.59 Å². The van der Waals surface area contributed by atoms with Gasteiger partial charge in [0, 0.05) is 19.8 Å². The number of hydrogen-bond donors (Lipinski definition) is 0. The first-order valence-corrected chi connectivity index (χ1v) is 10.7. The molecule has 0 aliphatic carbocycles. The molecule has 6 heteroatoms. The molecule has 0 aromatic heterocycles. The van der Waals surface area contributed by atoms with Gasteiger partial charge in [0.15, 0.2) is 6.10 Å². The van der Waals surface area contributed by atoms with Gasteiger partial charge in [0.05, 0.1) is 17.4 Å². The smallest absolute Gasteiger partial charge is 0.266 e. The number of aryl methyl sites for hydroxylation is 1. The zero-order chi connectivity index (χ0) is 22.4. The fourth-order valence-electron chi connectivity index (χ4n) is 4.57. The van der Waals surface area contributed by atoms with Crippen LogP contribution in [-0.2, 0) is 14.4 Å². The van der Waals surface area contributed by atoms with Crippen molar-refractivity contribution in [2.45, 2.75) is 19.1 Å². The van der Waals surface area contributed by atoms with E-state index < -0.39 is 18.1 Å². The molecule has 2 fully saturated rings. The number of anilines is 3. The number of para-hydroxylation sites is 2. The highest BCUT2D eigenvalue weighted by atomic mass is 16.7. The number of fused-ring (bicyclic) bond motifs is 1. The first kappa shape index (κ1) is 20.3. The molecule has 5 rings (SSSR count). The Morgan fingerprint density at radius 2 is 1.47 bits per heavy atom. The molecule has 0 radical (unpaired) electrons. The zero-order valence-electron chi connectivity index (χ0n) is 18.3. The van der Waals surface area contributed by atoms with Crippen LogP contribution in [0.15, 0.2) is 78.9 Å². The summed E-state index contributed by atoms with van der Waals surface area (Å²) in [6.45, 7) is 2.00. The molecule has 0 unspecified atom stereocenters. The van der Waals surface area contributed by atoms with Gasteiger partial charge >= 0.3 is 0 Å². The molecule has 2 amide bonds. The zero-order valence-corrected chi connectivity index (χ0v) is 18.3. The summed E-state index contributed by atoms with van der Waals surface area (Å²) in [7, 11) is 3.97. The van der Waals surface area contributed by atoms with Gasteiger partial charge in [-0.3, -0.25) is 14.4 Å². The van der Waals surface area contributed by atoms with E-state index >= 15 is 0 Å². The maximum atomic E-state index is 13.6. The third kappa shape index (κ3) is 3.15. The van der Waals surface area contributed by atoms with Gasteiger partial charge in [-0.1, -0.05) is 48.5 Å². The minimum atomic E-state index is -0.860. The molecular weight excluding hydrogens is 402 g/mol. The molecule has 2 aliphatic rings. The summed E-state index contributed by atoms with van der Waals surface area (Å²) in [6.07, 6.45) is -0.860. The Balaban J connectivity index is 1.59. The lowest BCUT2D eigenvalue weighted by Crippen LogP contribution is -2.37. The molecule has 162 valence electrons. The Morgan fingerprint density at radius 1 is 0.812 bits per heavy atom. The van der Waals surface area contributed by atoms with Crippen LogP contribution in [0.2, 0.25) is 0 Å². The van der Waals surface area contributed by atoms with Crippen LogP contribution in [0.5, 0.6) is 0 Å². The van der Waals surface area contributed by atoms with Gasteiger partial charge in [-0.25, -0.2) is 9.96 Å². The van der Waals surface area contributed by atoms with Crippen molar-refractivity contribution in [1.29, 1.82) is 0 Å². The molecule has 2 heterocycles. The van der Waals surface area contributed by atoms with Crippen LogP contribution in [0.1, 0.15) is 17.2 Å². The fourth-order valence-corrected chi connectivity index (χ4v) is 4.57. The standard InChI is InChI=1S/C26H25N3O3/c1-17-9-7-8-12-21(17)29-23(18-13-15-19(16-14-18)27(2)3)22-24(32-29)26(31)28(25(22)30)20-10-5-4-6-11-20/h4-16,22-24H,1-3H3/t22-,23-,24-/m1/s1. The molecule has 0 N–H and O–H groups in total. The first-order chi connectivity index (χ1) is 15.5. The van der Waals surface area contributed by atoms with Crippen molar-refractivity contribution in [1.82, 2.24) is 0 Å². The van der Waals surface area contributed by atoms with E-state index in [2.05, 4.69) is 0 Å². The lowest BCUT2D eigenvalue weighted by Gasteiger charge is -2.30. The Morgan fingerprint density at radius 3 is 2.12 bits per heavy atom. The summed E-state index contributed by atoms with van der Waals surface area (Å²) < 4.78 is 0. The molecule has 3 aromatic carbocycles. The van der Waals surface area contributed by atoms with Crippen molar-refractivity contribution in [3.05, 3.63) is 90.0 Å². The van der Waals surface area contributed by atoms with Gasteiger partial charge < -0.3 is 4.90 Å². The Hall–Kier alpha value is -3.64. The predicted molar refractivity (Wildman–Crippen MR) is 124 cm³/mol. The normalized spacial score (nSPS) is 22.4. The number of hydrogen-bond acceptors (Lipinski definition) is 5. The molecule has 3 aromatic rings. The van der Waals surface area contributed by atoms with Crippen molar-refractivity contribution in [2.24, 2.45) is 5.92 Å². The van der Waals surface area contributed by atoms with Gasteiger partial charge in [-0.15, -0.1) is 0 Å². The SMILES string of the molecule is Cc1ccccc1N1O[C@H]2C(=O)N(c3ccccc3)C(=O)[C@@H]2[C@H]1c1ccc(N(C)C)cc1. The summed E-state index contributed by atoms with van der Waals surface area (Å²) >= 11 is 0. The number of amides is 2. The first-order valence-electron chi connectivity index (χ1n) is 10.7. The highest BCUT2D eigenvalue weighted by Gasteiger charge is 2.60. The molecule has 0 saturated carbocycles. The van der Waals surface area contributed by atoms with E-state index in [-0.39, 0.29) is 11.8 Å². The third-order valence-corrected chi connectivity index (χ3v) is 6.23. The van der Waals surface area contributed by atoms with Crippen LogP contribution >= 0.6 is 0 Å². The monoisotopic (exact) mass is 427 g/mol. The Kier molecular flexibility index (Phi) is 4.94. The van der Waals surface area contributed by atoms with Gasteiger partial charge in [-0.05, 0) is 48.4 Å². The number of imide groups is 1. The third-order valence-electron chi connectivity index (χ3n) is 6.23. The topological polar surface area (TPSA) is 53.1 Å². The van der Waals surface area contributed by atoms with Crippen molar-refractivity contribution in [3.8, 4) is 0 Å². The minimum absolute atomic E-state index is 0.232. The summed E-state index contributed by atoms with van der Waals surface area (Å²) in [4.78, 5) is 36.5. The van der Waals surface area contributed by atoms with E-state index in [1.54, 1.807) is 17.2 Å². The Bertz CT molecular complexity index is 1160. The number of carbonyl (C=O) groups is 2. The molecule has 6 nitrogen and oxygen atoms in total. The highest BCUT2D eigenvalue weighted by molar-refractivity contribution is 6.23. The molecule has 2 saturated heterocycles. The van der Waals surface area contributed by atoms with Crippen molar-refractivity contribution in [2.75, 3.05) is 29.0 Å². The second-order valence-electron chi connectivity index (χ2n) is 8.44. The van der Waals surface area contributed by atoms with Gasteiger partial charge in [-0.2, -0.15) is 0 Å².